The highest BCUT2D eigenvalue weighted by Gasteiger charge is 2.31. The first-order valence-electron chi connectivity index (χ1n) is 4.99. The Bertz CT molecular complexity index is 170. The van der Waals surface area contributed by atoms with Gasteiger partial charge >= 0.3 is 5.97 Å². The number of esters is 1. The SMILES string of the molecule is CCOC(=O)C1CCCCC1SC. The van der Waals surface area contributed by atoms with E-state index in [1.807, 2.05) is 18.7 Å². The van der Waals surface area contributed by atoms with Crippen molar-refractivity contribution in [3.63, 3.8) is 0 Å². The molecule has 2 atom stereocenters. The molecule has 3 heteroatoms. The predicted octanol–water partition coefficient (Wildman–Crippen LogP) is 2.47. The van der Waals surface area contributed by atoms with Gasteiger partial charge in [0.1, 0.15) is 0 Å². The van der Waals surface area contributed by atoms with Crippen LogP contribution in [0.5, 0.6) is 0 Å². The predicted molar refractivity (Wildman–Crippen MR) is 55.9 cm³/mol. The highest BCUT2D eigenvalue weighted by atomic mass is 32.2. The molecule has 0 amide bonds. The van der Waals surface area contributed by atoms with Crippen LogP contribution in [0.4, 0.5) is 0 Å². The number of rotatable bonds is 3. The topological polar surface area (TPSA) is 26.3 Å². The maximum atomic E-state index is 11.5. The molecular weight excluding hydrogens is 184 g/mol. The normalized spacial score (nSPS) is 28.5. The molecule has 0 N–H and O–H groups in total. The van der Waals surface area contributed by atoms with E-state index in [1.54, 1.807) is 0 Å². The second-order valence-electron chi connectivity index (χ2n) is 3.42. The van der Waals surface area contributed by atoms with Gasteiger partial charge in [0.15, 0.2) is 0 Å². The summed E-state index contributed by atoms with van der Waals surface area (Å²) in [5.41, 5.74) is 0. The molecule has 1 aliphatic carbocycles. The molecule has 0 radical (unpaired) electrons. The fourth-order valence-corrected chi connectivity index (χ4v) is 2.88. The largest absolute Gasteiger partial charge is 0.466 e. The summed E-state index contributed by atoms with van der Waals surface area (Å²) in [5.74, 6) is 0.172. The molecule has 1 saturated carbocycles. The molecule has 0 aromatic carbocycles. The number of hydrogen-bond donors (Lipinski definition) is 0. The number of carbonyl (C=O) groups is 1. The lowest BCUT2D eigenvalue weighted by Crippen LogP contribution is -2.30. The summed E-state index contributed by atoms with van der Waals surface area (Å²) >= 11 is 1.81. The average molecular weight is 202 g/mol. The lowest BCUT2D eigenvalue weighted by atomic mass is 9.89. The Hall–Kier alpha value is -0.180. The maximum Gasteiger partial charge on any atom is 0.310 e. The van der Waals surface area contributed by atoms with Gasteiger partial charge in [-0.15, -0.1) is 0 Å². The summed E-state index contributed by atoms with van der Waals surface area (Å²) in [5, 5.41) is 0.493. The van der Waals surface area contributed by atoms with Gasteiger partial charge in [0.05, 0.1) is 12.5 Å². The zero-order chi connectivity index (χ0) is 9.68. The van der Waals surface area contributed by atoms with E-state index in [1.165, 1.54) is 19.3 Å². The standard InChI is InChI=1S/C10H18O2S/c1-3-12-10(11)8-6-4-5-7-9(8)13-2/h8-9H,3-7H2,1-2H3. The van der Waals surface area contributed by atoms with Crippen molar-refractivity contribution < 1.29 is 9.53 Å². The molecule has 76 valence electrons. The molecular formula is C10H18O2S. The summed E-state index contributed by atoms with van der Waals surface area (Å²) < 4.78 is 5.06. The van der Waals surface area contributed by atoms with Crippen LogP contribution >= 0.6 is 11.8 Å². The van der Waals surface area contributed by atoms with Crippen LogP contribution < -0.4 is 0 Å². The lowest BCUT2D eigenvalue weighted by Gasteiger charge is -2.28. The highest BCUT2D eigenvalue weighted by molar-refractivity contribution is 7.99. The first-order valence-corrected chi connectivity index (χ1v) is 6.27. The van der Waals surface area contributed by atoms with Crippen molar-refractivity contribution in [1.82, 2.24) is 0 Å². The van der Waals surface area contributed by atoms with Crippen LogP contribution in [0.3, 0.4) is 0 Å². The van der Waals surface area contributed by atoms with E-state index in [2.05, 4.69) is 6.26 Å². The fourth-order valence-electron chi connectivity index (χ4n) is 1.90. The van der Waals surface area contributed by atoms with E-state index in [0.29, 0.717) is 11.9 Å². The Morgan fingerprint density at radius 3 is 2.77 bits per heavy atom. The van der Waals surface area contributed by atoms with Crippen LogP contribution in [0.25, 0.3) is 0 Å². The van der Waals surface area contributed by atoms with E-state index in [0.717, 1.165) is 6.42 Å². The number of ether oxygens (including phenoxy) is 1. The van der Waals surface area contributed by atoms with Crippen molar-refractivity contribution in [2.24, 2.45) is 5.92 Å². The molecule has 2 unspecified atom stereocenters. The van der Waals surface area contributed by atoms with Gasteiger partial charge in [-0.3, -0.25) is 4.79 Å². The van der Waals surface area contributed by atoms with Crippen LogP contribution in [-0.4, -0.2) is 24.1 Å². The smallest absolute Gasteiger partial charge is 0.310 e. The molecule has 2 nitrogen and oxygen atoms in total. The van der Waals surface area contributed by atoms with Gasteiger partial charge in [-0.1, -0.05) is 12.8 Å². The third-order valence-electron chi connectivity index (χ3n) is 2.59. The van der Waals surface area contributed by atoms with Gasteiger partial charge in [0.2, 0.25) is 0 Å². The fraction of sp³-hybridized carbons (Fsp3) is 0.900. The highest BCUT2D eigenvalue weighted by Crippen LogP contribution is 2.32. The Morgan fingerprint density at radius 2 is 2.15 bits per heavy atom. The van der Waals surface area contributed by atoms with Gasteiger partial charge < -0.3 is 4.74 Å². The minimum absolute atomic E-state index is 0.0153. The van der Waals surface area contributed by atoms with Crippen LogP contribution in [0.2, 0.25) is 0 Å². The van der Waals surface area contributed by atoms with Crippen molar-refractivity contribution in [3.05, 3.63) is 0 Å². The second kappa shape index (κ2) is 5.53. The van der Waals surface area contributed by atoms with Crippen LogP contribution in [0, 0.1) is 5.92 Å². The summed E-state index contributed by atoms with van der Waals surface area (Å²) in [6.07, 6.45) is 6.72. The van der Waals surface area contributed by atoms with Gasteiger partial charge in [-0.2, -0.15) is 11.8 Å². The summed E-state index contributed by atoms with van der Waals surface area (Å²) in [4.78, 5) is 11.5. The van der Waals surface area contributed by atoms with E-state index < -0.39 is 0 Å². The Kier molecular flexibility index (Phi) is 4.64. The molecule has 0 bridgehead atoms. The first-order chi connectivity index (χ1) is 6.29. The van der Waals surface area contributed by atoms with Crippen molar-refractivity contribution in [2.75, 3.05) is 12.9 Å². The summed E-state index contributed by atoms with van der Waals surface area (Å²) in [7, 11) is 0. The molecule has 0 heterocycles. The van der Waals surface area contributed by atoms with Gasteiger partial charge in [-0.05, 0) is 26.0 Å². The average Bonchev–Trinajstić information content (AvgIpc) is 2.18. The third-order valence-corrected chi connectivity index (χ3v) is 3.76. The Balaban J connectivity index is 2.48. The molecule has 0 saturated heterocycles. The first kappa shape index (κ1) is 10.9. The lowest BCUT2D eigenvalue weighted by molar-refractivity contribution is -0.148. The van der Waals surface area contributed by atoms with E-state index >= 15 is 0 Å². The molecule has 1 fully saturated rings. The zero-order valence-electron chi connectivity index (χ0n) is 8.41. The van der Waals surface area contributed by atoms with Crippen LogP contribution in [-0.2, 0) is 9.53 Å². The zero-order valence-corrected chi connectivity index (χ0v) is 9.23. The molecule has 1 aliphatic rings. The molecule has 0 aliphatic heterocycles. The van der Waals surface area contributed by atoms with Crippen molar-refractivity contribution in [1.29, 1.82) is 0 Å². The summed E-state index contributed by atoms with van der Waals surface area (Å²) in [6, 6.07) is 0. The molecule has 1 rings (SSSR count). The minimum Gasteiger partial charge on any atom is -0.466 e. The van der Waals surface area contributed by atoms with Crippen molar-refractivity contribution in [3.8, 4) is 0 Å². The van der Waals surface area contributed by atoms with Crippen molar-refractivity contribution in [2.45, 2.75) is 37.9 Å². The van der Waals surface area contributed by atoms with E-state index in [4.69, 9.17) is 4.74 Å². The van der Waals surface area contributed by atoms with Crippen LogP contribution in [0.15, 0.2) is 0 Å². The summed E-state index contributed by atoms with van der Waals surface area (Å²) in [6.45, 7) is 2.38. The number of carbonyl (C=O) groups excluding carboxylic acids is 1. The molecule has 0 aromatic heterocycles. The third kappa shape index (κ3) is 2.90. The molecule has 13 heavy (non-hydrogen) atoms. The van der Waals surface area contributed by atoms with Gasteiger partial charge in [-0.25, -0.2) is 0 Å². The quantitative estimate of drug-likeness (QED) is 0.658. The van der Waals surface area contributed by atoms with E-state index in [9.17, 15) is 4.79 Å². The van der Waals surface area contributed by atoms with Gasteiger partial charge in [0.25, 0.3) is 0 Å². The maximum absolute atomic E-state index is 11.5. The second-order valence-corrected chi connectivity index (χ2v) is 4.49. The Labute approximate surface area is 84.4 Å². The monoisotopic (exact) mass is 202 g/mol. The molecule has 0 spiro atoms. The van der Waals surface area contributed by atoms with E-state index in [-0.39, 0.29) is 11.9 Å². The number of hydrogen-bond acceptors (Lipinski definition) is 3. The van der Waals surface area contributed by atoms with Gasteiger partial charge in [0, 0.05) is 5.25 Å². The van der Waals surface area contributed by atoms with Crippen molar-refractivity contribution >= 4 is 17.7 Å². The molecule has 0 aromatic rings. The Morgan fingerprint density at radius 1 is 1.46 bits per heavy atom. The van der Waals surface area contributed by atoms with Crippen LogP contribution in [0.1, 0.15) is 32.6 Å². The number of thioether (sulfide) groups is 1. The minimum atomic E-state index is 0.0153.